The van der Waals surface area contributed by atoms with Crippen molar-refractivity contribution in [1.82, 2.24) is 25.4 Å². The highest BCUT2D eigenvalue weighted by Crippen LogP contribution is 2.35. The molecule has 0 saturated carbocycles. The molecule has 1 aromatic heterocycles. The molecule has 0 bridgehead atoms. The Labute approximate surface area is 178 Å². The summed E-state index contributed by atoms with van der Waals surface area (Å²) in [7, 11) is 3.51. The zero-order chi connectivity index (χ0) is 17.5. The minimum atomic E-state index is 0. The third-order valence-electron chi connectivity index (χ3n) is 3.05. The average molecular weight is 520 g/mol. The van der Waals surface area contributed by atoms with E-state index in [4.69, 9.17) is 39.5 Å². The first-order valence-electron chi connectivity index (χ1n) is 7.06. The van der Waals surface area contributed by atoms with Crippen LogP contribution >= 0.6 is 58.8 Å². The van der Waals surface area contributed by atoms with E-state index < -0.39 is 0 Å². The highest BCUT2D eigenvalue weighted by Gasteiger charge is 2.09. The summed E-state index contributed by atoms with van der Waals surface area (Å²) in [5.74, 6) is 1.83. The lowest BCUT2D eigenvalue weighted by atomic mass is 10.3. The van der Waals surface area contributed by atoms with Crippen molar-refractivity contribution < 1.29 is 4.74 Å². The Morgan fingerprint density at radius 2 is 1.92 bits per heavy atom. The second kappa shape index (κ2) is 10.9. The smallest absolute Gasteiger partial charge is 0.191 e. The van der Waals surface area contributed by atoms with Crippen LogP contribution in [0.4, 0.5) is 0 Å². The van der Waals surface area contributed by atoms with Gasteiger partial charge in [-0.3, -0.25) is 9.67 Å². The summed E-state index contributed by atoms with van der Waals surface area (Å²) in [6, 6.07) is 3.16. The van der Waals surface area contributed by atoms with Gasteiger partial charge < -0.3 is 15.4 Å². The molecule has 0 aliphatic heterocycles. The van der Waals surface area contributed by atoms with E-state index in [2.05, 4.69) is 25.7 Å². The van der Waals surface area contributed by atoms with Gasteiger partial charge in [0.2, 0.25) is 0 Å². The minimum absolute atomic E-state index is 0. The molecular formula is C14H18Cl3IN6O. The average Bonchev–Trinajstić information content (AvgIpc) is 2.93. The minimum Gasteiger partial charge on any atom is -0.489 e. The van der Waals surface area contributed by atoms with Gasteiger partial charge in [0, 0.05) is 19.1 Å². The molecule has 2 N–H and O–H groups in total. The molecule has 0 unspecified atom stereocenters. The molecule has 25 heavy (non-hydrogen) atoms. The number of halogens is 4. The zero-order valence-electron chi connectivity index (χ0n) is 13.6. The summed E-state index contributed by atoms with van der Waals surface area (Å²) in [5, 5.41) is 11.5. The molecule has 0 fully saturated rings. The van der Waals surface area contributed by atoms with Gasteiger partial charge in [-0.1, -0.05) is 34.8 Å². The lowest BCUT2D eigenvalue weighted by Gasteiger charge is -2.13. The maximum absolute atomic E-state index is 6.06. The summed E-state index contributed by atoms with van der Waals surface area (Å²) in [5.41, 5.74) is 0. The van der Waals surface area contributed by atoms with Gasteiger partial charge in [-0.05, 0) is 12.1 Å². The van der Waals surface area contributed by atoms with Crippen molar-refractivity contribution in [1.29, 1.82) is 0 Å². The van der Waals surface area contributed by atoms with Gasteiger partial charge in [0.05, 0.1) is 23.1 Å². The van der Waals surface area contributed by atoms with Gasteiger partial charge in [0.25, 0.3) is 0 Å². The van der Waals surface area contributed by atoms with Crippen LogP contribution in [0, 0.1) is 0 Å². The van der Waals surface area contributed by atoms with E-state index in [0.717, 1.165) is 5.82 Å². The Balaban J connectivity index is 0.00000312. The molecule has 2 aromatic rings. The third-order valence-corrected chi connectivity index (χ3v) is 3.83. The van der Waals surface area contributed by atoms with Crippen LogP contribution in [0.25, 0.3) is 0 Å². The van der Waals surface area contributed by atoms with Gasteiger partial charge in [-0.2, -0.15) is 5.10 Å². The van der Waals surface area contributed by atoms with Crippen molar-refractivity contribution in [2.24, 2.45) is 12.0 Å². The van der Waals surface area contributed by atoms with Crippen LogP contribution in [0.1, 0.15) is 5.82 Å². The Kier molecular flexibility index (Phi) is 9.62. The van der Waals surface area contributed by atoms with Crippen molar-refractivity contribution in [3.8, 4) is 5.75 Å². The quantitative estimate of drug-likeness (QED) is 0.266. The standard InChI is InChI=1S/C14H17Cl3N6O.HI/c1-18-14(20-7-12-21-8-22-23(12)2)19-3-4-24-13-10(16)5-9(15)6-11(13)17;/h5-6,8H,3-4,7H2,1-2H3,(H2,18,19,20);1H. The Bertz CT molecular complexity index is 701. The molecule has 0 radical (unpaired) electrons. The van der Waals surface area contributed by atoms with Crippen LogP contribution in [-0.4, -0.2) is 40.9 Å². The summed E-state index contributed by atoms with van der Waals surface area (Å²) >= 11 is 18.0. The van der Waals surface area contributed by atoms with Crippen molar-refractivity contribution in [2.75, 3.05) is 20.2 Å². The Hall–Kier alpha value is -0.970. The Morgan fingerprint density at radius 3 is 2.48 bits per heavy atom. The van der Waals surface area contributed by atoms with Crippen LogP contribution < -0.4 is 15.4 Å². The molecule has 0 saturated heterocycles. The lowest BCUT2D eigenvalue weighted by molar-refractivity contribution is 0.322. The molecule has 2 rings (SSSR count). The molecule has 1 heterocycles. The molecule has 0 aliphatic rings. The van der Waals surface area contributed by atoms with E-state index in [1.54, 1.807) is 23.9 Å². The van der Waals surface area contributed by atoms with Crippen LogP contribution in [0.2, 0.25) is 15.1 Å². The third kappa shape index (κ3) is 6.69. The van der Waals surface area contributed by atoms with Crippen molar-refractivity contribution in [2.45, 2.75) is 6.54 Å². The summed E-state index contributed by atoms with van der Waals surface area (Å²) in [6.45, 7) is 1.37. The number of benzene rings is 1. The molecule has 0 spiro atoms. The predicted octanol–water partition coefficient (Wildman–Crippen LogP) is 3.14. The number of nitrogens with one attached hydrogen (secondary N) is 2. The second-order valence-electron chi connectivity index (χ2n) is 4.70. The number of hydrogen-bond acceptors (Lipinski definition) is 4. The Morgan fingerprint density at radius 1 is 1.24 bits per heavy atom. The maximum atomic E-state index is 6.06. The molecule has 0 amide bonds. The number of nitrogens with zero attached hydrogens (tertiary/aromatic N) is 4. The molecule has 7 nitrogen and oxygen atoms in total. The maximum Gasteiger partial charge on any atom is 0.191 e. The number of guanidine groups is 1. The molecule has 138 valence electrons. The summed E-state index contributed by atoms with van der Waals surface area (Å²) < 4.78 is 7.28. The number of rotatable bonds is 6. The van der Waals surface area contributed by atoms with E-state index in [1.807, 2.05) is 7.05 Å². The lowest BCUT2D eigenvalue weighted by Crippen LogP contribution is -2.39. The SMILES string of the molecule is CN=C(NCCOc1c(Cl)cc(Cl)cc1Cl)NCc1ncnn1C.I. The predicted molar refractivity (Wildman–Crippen MR) is 112 cm³/mol. The number of aliphatic imine (C=N–C) groups is 1. The fraction of sp³-hybridized carbons (Fsp3) is 0.357. The van der Waals surface area contributed by atoms with Crippen LogP contribution in [0.3, 0.4) is 0 Å². The van der Waals surface area contributed by atoms with Crippen molar-refractivity contribution in [3.63, 3.8) is 0 Å². The molecular weight excluding hydrogens is 501 g/mol. The second-order valence-corrected chi connectivity index (χ2v) is 5.95. The van der Waals surface area contributed by atoms with Crippen LogP contribution in [-0.2, 0) is 13.6 Å². The van der Waals surface area contributed by atoms with E-state index in [0.29, 0.717) is 46.5 Å². The highest BCUT2D eigenvalue weighted by molar-refractivity contribution is 14.0. The van der Waals surface area contributed by atoms with Gasteiger partial charge in [0.15, 0.2) is 11.7 Å². The first kappa shape index (κ1) is 22.1. The number of ether oxygens (including phenoxy) is 1. The van der Waals surface area contributed by atoms with Gasteiger partial charge in [-0.25, -0.2) is 4.98 Å². The number of aryl methyl sites for hydroxylation is 1. The number of aromatic nitrogens is 3. The van der Waals surface area contributed by atoms with Crippen molar-refractivity contribution >= 4 is 64.7 Å². The van der Waals surface area contributed by atoms with E-state index in [-0.39, 0.29) is 24.0 Å². The van der Waals surface area contributed by atoms with E-state index in [9.17, 15) is 0 Å². The van der Waals surface area contributed by atoms with Crippen LogP contribution in [0.5, 0.6) is 5.75 Å². The topological polar surface area (TPSA) is 76.4 Å². The highest BCUT2D eigenvalue weighted by atomic mass is 127. The molecule has 1 aromatic carbocycles. The van der Waals surface area contributed by atoms with E-state index >= 15 is 0 Å². The van der Waals surface area contributed by atoms with E-state index in [1.165, 1.54) is 6.33 Å². The first-order chi connectivity index (χ1) is 11.5. The summed E-state index contributed by atoms with van der Waals surface area (Å²) in [6.07, 6.45) is 1.50. The molecule has 11 heteroatoms. The van der Waals surface area contributed by atoms with Gasteiger partial charge in [-0.15, -0.1) is 24.0 Å². The van der Waals surface area contributed by atoms with Crippen molar-refractivity contribution in [3.05, 3.63) is 39.4 Å². The zero-order valence-corrected chi connectivity index (χ0v) is 18.2. The largest absolute Gasteiger partial charge is 0.489 e. The number of hydrogen-bond donors (Lipinski definition) is 2. The molecule has 0 atom stereocenters. The fourth-order valence-electron chi connectivity index (χ4n) is 1.85. The van der Waals surface area contributed by atoms with Gasteiger partial charge >= 0.3 is 0 Å². The first-order valence-corrected chi connectivity index (χ1v) is 8.19. The van der Waals surface area contributed by atoms with Crippen LogP contribution in [0.15, 0.2) is 23.5 Å². The molecule has 0 aliphatic carbocycles. The normalized spacial score (nSPS) is 11.0. The van der Waals surface area contributed by atoms with Gasteiger partial charge in [0.1, 0.15) is 18.8 Å². The summed E-state index contributed by atoms with van der Waals surface area (Å²) in [4.78, 5) is 8.25. The monoisotopic (exact) mass is 518 g/mol. The fourth-order valence-corrected chi connectivity index (χ4v) is 2.78.